The quantitative estimate of drug-likeness (QED) is 0.852. The van der Waals surface area contributed by atoms with E-state index < -0.39 is 17.4 Å². The van der Waals surface area contributed by atoms with Gasteiger partial charge in [-0.1, -0.05) is 0 Å². The number of anilines is 1. The van der Waals surface area contributed by atoms with Crippen LogP contribution in [0.3, 0.4) is 0 Å². The smallest absolute Gasteiger partial charge is 0.418 e. The van der Waals surface area contributed by atoms with E-state index in [-0.39, 0.29) is 11.9 Å². The molecule has 1 amide bonds. The van der Waals surface area contributed by atoms with E-state index in [1.807, 2.05) is 0 Å². The van der Waals surface area contributed by atoms with Gasteiger partial charge in [-0.15, -0.1) is 0 Å². The van der Waals surface area contributed by atoms with Crippen LogP contribution in [-0.2, 0) is 10.3 Å². The molecule has 0 unspecified atom stereocenters. The summed E-state index contributed by atoms with van der Waals surface area (Å²) in [6.07, 6.45) is 1.13. The van der Waals surface area contributed by atoms with Gasteiger partial charge in [0.15, 0.2) is 5.75 Å². The van der Waals surface area contributed by atoms with Crippen molar-refractivity contribution in [2.24, 2.45) is 10.7 Å². The van der Waals surface area contributed by atoms with Crippen LogP contribution in [0.5, 0.6) is 11.6 Å². The number of hydrogen-bond donors (Lipinski definition) is 2. The van der Waals surface area contributed by atoms with Crippen LogP contribution in [0.2, 0.25) is 0 Å². The molecule has 142 valence electrons. The highest BCUT2D eigenvalue weighted by molar-refractivity contribution is 5.86. The first-order chi connectivity index (χ1) is 12.9. The zero-order chi connectivity index (χ0) is 19.4. The van der Waals surface area contributed by atoms with Gasteiger partial charge in [-0.25, -0.2) is 19.2 Å². The van der Waals surface area contributed by atoms with Crippen molar-refractivity contribution in [3.8, 4) is 11.6 Å². The summed E-state index contributed by atoms with van der Waals surface area (Å²) >= 11 is 0. The number of aromatic nitrogens is 1. The van der Waals surface area contributed by atoms with Gasteiger partial charge in [0.25, 0.3) is 11.9 Å². The second-order valence-electron chi connectivity index (χ2n) is 6.04. The number of carbonyl (C=O) groups excluding carboxylic acids is 1. The normalized spacial score (nSPS) is 18.9. The molecule has 9 heteroatoms. The summed E-state index contributed by atoms with van der Waals surface area (Å²) in [5.41, 5.74) is 5.37. The number of benzene rings is 1. The topological polar surface area (TPSA) is 108 Å². The summed E-state index contributed by atoms with van der Waals surface area (Å²) in [5.74, 6) is -0.123. The minimum absolute atomic E-state index is 0.00293. The molecule has 3 N–H and O–H groups in total. The monoisotopic (exact) mass is 374 g/mol. The Labute approximate surface area is 155 Å². The molecule has 2 aromatic rings. The zero-order valence-corrected chi connectivity index (χ0v) is 14.9. The molecule has 27 heavy (non-hydrogen) atoms. The average Bonchev–Trinajstić information content (AvgIpc) is 2.63. The Bertz CT molecular complexity index is 889. The molecule has 1 aliphatic heterocycles. The number of nitrogens with one attached hydrogen (secondary N) is 1. The summed E-state index contributed by atoms with van der Waals surface area (Å²) in [5, 5.41) is 2.54. The first-order valence-corrected chi connectivity index (χ1v) is 8.17. The van der Waals surface area contributed by atoms with Gasteiger partial charge in [-0.2, -0.15) is 0 Å². The third-order valence-corrected chi connectivity index (χ3v) is 4.13. The number of halogens is 1. The molecule has 1 aromatic heterocycles. The van der Waals surface area contributed by atoms with Crippen molar-refractivity contribution in [3.63, 3.8) is 0 Å². The van der Waals surface area contributed by atoms with Crippen LogP contribution < -0.4 is 20.5 Å². The maximum atomic E-state index is 14.4. The van der Waals surface area contributed by atoms with Crippen LogP contribution in [0.15, 0.2) is 41.5 Å². The number of ether oxygens (including phenoxy) is 3. The van der Waals surface area contributed by atoms with Crippen LogP contribution in [0.1, 0.15) is 18.9 Å². The highest BCUT2D eigenvalue weighted by Crippen LogP contribution is 2.35. The van der Waals surface area contributed by atoms with Crippen LogP contribution in [0.4, 0.5) is 14.9 Å². The van der Waals surface area contributed by atoms with E-state index in [0.29, 0.717) is 30.0 Å². The molecule has 0 bridgehead atoms. The van der Waals surface area contributed by atoms with Crippen molar-refractivity contribution in [1.29, 1.82) is 0 Å². The molecule has 0 radical (unpaired) electrons. The summed E-state index contributed by atoms with van der Waals surface area (Å²) in [6.45, 7) is 2.08. The number of aliphatic imine (C=N–C) groups is 1. The van der Waals surface area contributed by atoms with E-state index in [1.165, 1.54) is 31.5 Å². The van der Waals surface area contributed by atoms with Gasteiger partial charge in [-0.05, 0) is 37.3 Å². The Morgan fingerprint density at radius 3 is 2.96 bits per heavy atom. The van der Waals surface area contributed by atoms with Gasteiger partial charge in [-0.3, -0.25) is 5.32 Å². The van der Waals surface area contributed by atoms with E-state index in [4.69, 9.17) is 19.9 Å². The van der Waals surface area contributed by atoms with Crippen molar-refractivity contribution in [3.05, 3.63) is 47.9 Å². The highest BCUT2D eigenvalue weighted by atomic mass is 19.1. The maximum Gasteiger partial charge on any atom is 0.418 e. The second-order valence-corrected chi connectivity index (χ2v) is 6.04. The molecule has 0 spiro atoms. The Hall–Kier alpha value is -3.36. The molecule has 1 atom stereocenters. The summed E-state index contributed by atoms with van der Waals surface area (Å²) in [7, 11) is 1.44. The van der Waals surface area contributed by atoms with Gasteiger partial charge < -0.3 is 19.9 Å². The van der Waals surface area contributed by atoms with Crippen LogP contribution in [0, 0.1) is 5.82 Å². The molecule has 1 aromatic carbocycles. The van der Waals surface area contributed by atoms with E-state index in [1.54, 1.807) is 19.1 Å². The lowest BCUT2D eigenvalue weighted by molar-refractivity contribution is 0.210. The largest absolute Gasteiger partial charge is 0.491 e. The number of rotatable bonds is 4. The van der Waals surface area contributed by atoms with Gasteiger partial charge in [0, 0.05) is 23.9 Å². The molecule has 0 aliphatic carbocycles. The van der Waals surface area contributed by atoms with Gasteiger partial charge in [0.1, 0.15) is 5.82 Å². The Morgan fingerprint density at radius 1 is 1.41 bits per heavy atom. The first kappa shape index (κ1) is 18.4. The minimum Gasteiger partial charge on any atom is -0.491 e. The zero-order valence-electron chi connectivity index (χ0n) is 14.9. The molecule has 2 heterocycles. The predicted octanol–water partition coefficient (Wildman–Crippen LogP) is 2.79. The maximum absolute atomic E-state index is 14.4. The molecular weight excluding hydrogens is 355 g/mol. The SMILES string of the molecule is COc1cccnc1OC(=O)Nc1ccc(F)c([C@]2(C)CCOC(N)=N2)c1. The van der Waals surface area contributed by atoms with Crippen molar-refractivity contribution < 1.29 is 23.4 Å². The second kappa shape index (κ2) is 7.48. The van der Waals surface area contributed by atoms with Crippen LogP contribution >= 0.6 is 0 Å². The molecule has 1 aliphatic rings. The Balaban J connectivity index is 1.80. The minimum atomic E-state index is -0.891. The molecule has 0 fully saturated rings. The third-order valence-electron chi connectivity index (χ3n) is 4.13. The predicted molar refractivity (Wildman–Crippen MR) is 96.4 cm³/mol. The number of amides is 1. The van der Waals surface area contributed by atoms with E-state index >= 15 is 0 Å². The van der Waals surface area contributed by atoms with Gasteiger partial charge in [0.05, 0.1) is 19.3 Å². The number of nitrogens with two attached hydrogens (primary N) is 1. The number of amidine groups is 1. The average molecular weight is 374 g/mol. The van der Waals surface area contributed by atoms with Gasteiger partial charge >= 0.3 is 6.09 Å². The molecular formula is C18H19FN4O4. The van der Waals surface area contributed by atoms with Crippen LogP contribution in [0.25, 0.3) is 0 Å². The van der Waals surface area contributed by atoms with Gasteiger partial charge in [0.2, 0.25) is 0 Å². The van der Waals surface area contributed by atoms with Crippen molar-refractivity contribution >= 4 is 17.8 Å². The van der Waals surface area contributed by atoms with E-state index in [9.17, 15) is 9.18 Å². The summed E-state index contributed by atoms with van der Waals surface area (Å²) < 4.78 is 29.7. The van der Waals surface area contributed by atoms with E-state index in [0.717, 1.165) is 0 Å². The lowest BCUT2D eigenvalue weighted by Crippen LogP contribution is -2.34. The lowest BCUT2D eigenvalue weighted by atomic mass is 9.88. The standard InChI is InChI=1S/C18H19FN4O4/c1-18(7-9-26-16(20)23-18)12-10-11(5-6-13(12)19)22-17(24)27-15-14(25-2)4-3-8-21-15/h3-6,8,10H,7,9H2,1-2H3,(H2,20,23)(H,22,24)/t18-/m0/s1. The number of nitrogens with zero attached hydrogens (tertiary/aromatic N) is 2. The lowest BCUT2D eigenvalue weighted by Gasteiger charge is -2.30. The van der Waals surface area contributed by atoms with Crippen LogP contribution in [-0.4, -0.2) is 30.8 Å². The molecule has 8 nitrogen and oxygen atoms in total. The molecule has 0 saturated heterocycles. The van der Waals surface area contributed by atoms with Crippen molar-refractivity contribution in [1.82, 2.24) is 4.98 Å². The van der Waals surface area contributed by atoms with Crippen molar-refractivity contribution in [2.45, 2.75) is 18.9 Å². The number of carbonyl (C=O) groups is 1. The number of pyridine rings is 1. The first-order valence-electron chi connectivity index (χ1n) is 8.17. The summed E-state index contributed by atoms with van der Waals surface area (Å²) in [4.78, 5) is 20.3. The Kier molecular flexibility index (Phi) is 5.11. The third kappa shape index (κ3) is 4.08. The fourth-order valence-electron chi connectivity index (χ4n) is 2.74. The Morgan fingerprint density at radius 2 is 2.22 bits per heavy atom. The van der Waals surface area contributed by atoms with E-state index in [2.05, 4.69) is 15.3 Å². The van der Waals surface area contributed by atoms with Crippen molar-refractivity contribution in [2.75, 3.05) is 19.0 Å². The highest BCUT2D eigenvalue weighted by Gasteiger charge is 2.33. The molecule has 3 rings (SSSR count). The number of methoxy groups -OCH3 is 1. The fraction of sp³-hybridized carbons (Fsp3) is 0.278. The summed E-state index contributed by atoms with van der Waals surface area (Å²) in [6, 6.07) is 7.43. The number of hydrogen-bond acceptors (Lipinski definition) is 7. The molecule has 0 saturated carbocycles. The fourth-order valence-corrected chi connectivity index (χ4v) is 2.74.